The van der Waals surface area contributed by atoms with Crippen LogP contribution in [0.3, 0.4) is 0 Å². The lowest BCUT2D eigenvalue weighted by molar-refractivity contribution is -0.123. The number of amides is 2. The Morgan fingerprint density at radius 1 is 1.06 bits per heavy atom. The highest BCUT2D eigenvalue weighted by Gasteiger charge is 2.24. The Bertz CT molecular complexity index is 778. The molecule has 9 nitrogen and oxygen atoms in total. The first-order valence-electron chi connectivity index (χ1n) is 11.5. The largest absolute Gasteiger partial charge is 0.484 e. The van der Waals surface area contributed by atoms with Gasteiger partial charge in [0.1, 0.15) is 5.75 Å². The number of rotatable bonds is 9. The molecule has 0 aromatic heterocycles. The van der Waals surface area contributed by atoms with Gasteiger partial charge in [-0.1, -0.05) is 12.1 Å². The number of nitrogens with zero attached hydrogens (tertiary/aromatic N) is 2. The zero-order chi connectivity index (χ0) is 22.8. The Morgan fingerprint density at radius 3 is 2.33 bits per heavy atom. The molecule has 1 saturated heterocycles. The van der Waals surface area contributed by atoms with Gasteiger partial charge in [-0.05, 0) is 56.7 Å². The number of hydrogen-bond acceptors (Lipinski definition) is 5. The lowest BCUT2D eigenvalue weighted by Crippen LogP contribution is -2.50. The van der Waals surface area contributed by atoms with Crippen LogP contribution in [-0.4, -0.2) is 74.8 Å². The Balaban J connectivity index is 0.00000385. The molecule has 1 aromatic carbocycles. The number of likely N-dealkylation sites (tertiary alicyclic amines) is 1. The molecule has 2 amide bonds. The predicted molar refractivity (Wildman–Crippen MR) is 138 cm³/mol. The first-order valence-corrected chi connectivity index (χ1v) is 11.5. The molecule has 1 heterocycles. The average molecular weight is 573 g/mol. The number of carbonyl (C=O) groups excluding carboxylic acids is 2. The monoisotopic (exact) mass is 573 g/mol. The lowest BCUT2D eigenvalue weighted by Gasteiger charge is -2.32. The Morgan fingerprint density at radius 2 is 1.73 bits per heavy atom. The average Bonchev–Trinajstić information content (AvgIpc) is 3.62. The number of nitrogens with one attached hydrogen (secondary N) is 3. The highest BCUT2D eigenvalue weighted by molar-refractivity contribution is 14.0. The minimum atomic E-state index is -0.230. The van der Waals surface area contributed by atoms with Gasteiger partial charge < -0.3 is 30.3 Å². The van der Waals surface area contributed by atoms with Crippen LogP contribution in [0.4, 0.5) is 4.79 Å². The lowest BCUT2D eigenvalue weighted by atomic mass is 10.1. The quantitative estimate of drug-likeness (QED) is 0.238. The van der Waals surface area contributed by atoms with Crippen LogP contribution >= 0.6 is 24.0 Å². The van der Waals surface area contributed by atoms with E-state index in [1.165, 1.54) is 5.56 Å². The van der Waals surface area contributed by atoms with E-state index in [1.54, 1.807) is 11.9 Å². The molecular weight excluding hydrogens is 537 g/mol. The second-order valence-electron chi connectivity index (χ2n) is 8.13. The number of ether oxygens (including phenoxy) is 2. The number of carbonyl (C=O) groups is 2. The molecule has 33 heavy (non-hydrogen) atoms. The van der Waals surface area contributed by atoms with Gasteiger partial charge in [0.25, 0.3) is 5.91 Å². The van der Waals surface area contributed by atoms with E-state index in [-0.39, 0.29) is 48.6 Å². The summed E-state index contributed by atoms with van der Waals surface area (Å²) >= 11 is 0. The van der Waals surface area contributed by atoms with Crippen molar-refractivity contribution in [2.45, 2.75) is 51.1 Å². The van der Waals surface area contributed by atoms with Crippen molar-refractivity contribution in [3.8, 4) is 5.75 Å². The molecule has 2 aliphatic rings. The topological polar surface area (TPSA) is 104 Å². The maximum Gasteiger partial charge on any atom is 0.409 e. The maximum absolute atomic E-state index is 11.8. The number of piperidine rings is 1. The second-order valence-corrected chi connectivity index (χ2v) is 8.13. The number of halogens is 1. The highest BCUT2D eigenvalue weighted by Crippen LogP contribution is 2.18. The number of hydrogen-bond donors (Lipinski definition) is 3. The predicted octanol–water partition coefficient (Wildman–Crippen LogP) is 2.29. The SMILES string of the molecule is CCOC(=O)N1CCC(NC(=NC)NCCc2ccc(OCC(=O)NC3CC3)cc2)CC1.I. The van der Waals surface area contributed by atoms with Crippen LogP contribution in [0.15, 0.2) is 29.3 Å². The van der Waals surface area contributed by atoms with Crippen molar-refractivity contribution in [2.75, 3.05) is 39.9 Å². The van der Waals surface area contributed by atoms with Crippen LogP contribution < -0.4 is 20.7 Å². The molecule has 184 valence electrons. The molecule has 1 saturated carbocycles. The van der Waals surface area contributed by atoms with Crippen molar-refractivity contribution in [1.29, 1.82) is 0 Å². The summed E-state index contributed by atoms with van der Waals surface area (Å²) in [6, 6.07) is 8.44. The molecule has 0 unspecified atom stereocenters. The summed E-state index contributed by atoms with van der Waals surface area (Å²) in [6.45, 7) is 4.39. The molecule has 2 fully saturated rings. The van der Waals surface area contributed by atoms with Gasteiger partial charge in [0.2, 0.25) is 0 Å². The number of benzene rings is 1. The summed E-state index contributed by atoms with van der Waals surface area (Å²) in [5.74, 6) is 1.40. The normalized spacial score (nSPS) is 16.4. The van der Waals surface area contributed by atoms with E-state index in [0.717, 1.165) is 44.6 Å². The maximum atomic E-state index is 11.8. The fourth-order valence-corrected chi connectivity index (χ4v) is 3.53. The summed E-state index contributed by atoms with van der Waals surface area (Å²) in [5.41, 5.74) is 1.17. The molecule has 1 aliphatic carbocycles. The van der Waals surface area contributed by atoms with Crippen molar-refractivity contribution < 1.29 is 19.1 Å². The number of aliphatic imine (C=N–C) groups is 1. The fourth-order valence-electron chi connectivity index (χ4n) is 3.53. The van der Waals surface area contributed by atoms with Gasteiger partial charge in [-0.3, -0.25) is 9.79 Å². The van der Waals surface area contributed by atoms with Crippen LogP contribution in [0.5, 0.6) is 5.75 Å². The highest BCUT2D eigenvalue weighted by atomic mass is 127. The molecule has 1 aromatic rings. The molecule has 0 atom stereocenters. The van der Waals surface area contributed by atoms with E-state index < -0.39 is 0 Å². The van der Waals surface area contributed by atoms with Gasteiger partial charge >= 0.3 is 6.09 Å². The zero-order valence-corrected chi connectivity index (χ0v) is 21.8. The third-order valence-electron chi connectivity index (χ3n) is 5.53. The van der Waals surface area contributed by atoms with Gasteiger partial charge in [0, 0.05) is 38.8 Å². The Labute approximate surface area is 213 Å². The zero-order valence-electron chi connectivity index (χ0n) is 19.5. The van der Waals surface area contributed by atoms with Crippen LogP contribution in [-0.2, 0) is 16.0 Å². The summed E-state index contributed by atoms with van der Waals surface area (Å²) in [5, 5.41) is 9.70. The fraction of sp³-hybridized carbons (Fsp3) is 0.609. The van der Waals surface area contributed by atoms with E-state index >= 15 is 0 Å². The molecular formula is C23H36IN5O4. The van der Waals surface area contributed by atoms with Crippen LogP contribution in [0.1, 0.15) is 38.2 Å². The van der Waals surface area contributed by atoms with E-state index in [1.807, 2.05) is 31.2 Å². The smallest absolute Gasteiger partial charge is 0.409 e. The van der Waals surface area contributed by atoms with E-state index in [0.29, 0.717) is 31.5 Å². The van der Waals surface area contributed by atoms with Crippen molar-refractivity contribution in [3.63, 3.8) is 0 Å². The Kier molecular flexibility index (Phi) is 11.6. The second kappa shape index (κ2) is 14.1. The van der Waals surface area contributed by atoms with Crippen molar-refractivity contribution in [3.05, 3.63) is 29.8 Å². The first-order chi connectivity index (χ1) is 15.6. The standard InChI is InChI=1S/C23H35N5O4.HI/c1-3-31-23(30)28-14-11-19(12-15-28)27-22(24-2)25-13-10-17-4-8-20(9-5-17)32-16-21(29)26-18-6-7-18;/h4-5,8-9,18-19H,3,6-7,10-16H2,1-2H3,(H,26,29)(H2,24,25,27);1H. The molecule has 10 heteroatoms. The van der Waals surface area contributed by atoms with Gasteiger partial charge in [0.05, 0.1) is 6.61 Å². The Hall–Kier alpha value is -2.24. The van der Waals surface area contributed by atoms with Gasteiger partial charge in [0.15, 0.2) is 12.6 Å². The van der Waals surface area contributed by atoms with Crippen molar-refractivity contribution >= 4 is 41.9 Å². The van der Waals surface area contributed by atoms with Crippen molar-refractivity contribution in [2.24, 2.45) is 4.99 Å². The molecule has 1 aliphatic heterocycles. The molecule has 3 N–H and O–H groups in total. The van der Waals surface area contributed by atoms with Gasteiger partial charge in [-0.25, -0.2) is 4.79 Å². The summed E-state index contributed by atoms with van der Waals surface area (Å²) < 4.78 is 10.6. The summed E-state index contributed by atoms with van der Waals surface area (Å²) in [4.78, 5) is 29.6. The van der Waals surface area contributed by atoms with Crippen LogP contribution in [0.25, 0.3) is 0 Å². The summed E-state index contributed by atoms with van der Waals surface area (Å²) in [6.07, 6.45) is 4.47. The first kappa shape index (κ1) is 27.0. The number of guanidine groups is 1. The third kappa shape index (κ3) is 9.65. The van der Waals surface area contributed by atoms with Crippen molar-refractivity contribution in [1.82, 2.24) is 20.9 Å². The molecule has 0 radical (unpaired) electrons. The molecule has 0 bridgehead atoms. The molecule has 0 spiro atoms. The minimum Gasteiger partial charge on any atom is -0.484 e. The van der Waals surface area contributed by atoms with Crippen LogP contribution in [0.2, 0.25) is 0 Å². The van der Waals surface area contributed by atoms with Crippen LogP contribution in [0, 0.1) is 0 Å². The van der Waals surface area contributed by atoms with E-state index in [9.17, 15) is 9.59 Å². The van der Waals surface area contributed by atoms with E-state index in [4.69, 9.17) is 9.47 Å². The van der Waals surface area contributed by atoms with Gasteiger partial charge in [-0.2, -0.15) is 0 Å². The summed E-state index contributed by atoms with van der Waals surface area (Å²) in [7, 11) is 1.76. The van der Waals surface area contributed by atoms with E-state index in [2.05, 4.69) is 20.9 Å². The third-order valence-corrected chi connectivity index (χ3v) is 5.53. The van der Waals surface area contributed by atoms with Gasteiger partial charge in [-0.15, -0.1) is 24.0 Å². The minimum absolute atomic E-state index is 0. The molecule has 3 rings (SSSR count).